The molecule has 5 nitrogen and oxygen atoms in total. The van der Waals surface area contributed by atoms with Gasteiger partial charge in [-0.25, -0.2) is 9.45 Å². The summed E-state index contributed by atoms with van der Waals surface area (Å²) >= 11 is 0. The summed E-state index contributed by atoms with van der Waals surface area (Å²) in [6.45, 7) is 3.43. The highest BCUT2D eigenvalue weighted by Gasteiger charge is 2.29. The number of hydrogen-bond donors (Lipinski definition) is 0. The minimum atomic E-state index is -3.45. The van der Waals surface area contributed by atoms with Gasteiger partial charge in [0.25, 0.3) is 0 Å². The van der Waals surface area contributed by atoms with Crippen molar-refractivity contribution < 1.29 is 23.2 Å². The van der Waals surface area contributed by atoms with Gasteiger partial charge < -0.3 is 0 Å². The van der Waals surface area contributed by atoms with Gasteiger partial charge in [0.1, 0.15) is 0 Å². The van der Waals surface area contributed by atoms with Gasteiger partial charge in [-0.3, -0.25) is 9.05 Å². The zero-order valence-electron chi connectivity index (χ0n) is 11.3. The van der Waals surface area contributed by atoms with Gasteiger partial charge in [-0.05, 0) is 19.3 Å². The first-order chi connectivity index (χ1) is 8.77. The minimum absolute atomic E-state index is 0.400. The maximum Gasteiger partial charge on any atom is 0.502 e. The second-order valence-electron chi connectivity index (χ2n) is 4.49. The zero-order valence-corrected chi connectivity index (χ0v) is 12.2. The van der Waals surface area contributed by atoms with E-state index in [9.17, 15) is 4.57 Å². The molecular weight excluding hydrogens is 255 g/mol. The molecule has 1 saturated heterocycles. The van der Waals surface area contributed by atoms with E-state index in [0.29, 0.717) is 19.8 Å². The topological polar surface area (TPSA) is 54.0 Å². The van der Waals surface area contributed by atoms with Crippen LogP contribution < -0.4 is 0 Å². The number of rotatable bonds is 9. The smallest absolute Gasteiger partial charge is 0.285 e. The van der Waals surface area contributed by atoms with Gasteiger partial charge >= 0.3 is 7.82 Å². The van der Waals surface area contributed by atoms with E-state index in [1.54, 1.807) is 0 Å². The summed E-state index contributed by atoms with van der Waals surface area (Å²) < 4.78 is 26.7. The zero-order chi connectivity index (χ0) is 13.1. The molecule has 0 spiro atoms. The van der Waals surface area contributed by atoms with E-state index in [-0.39, 0.29) is 0 Å². The van der Waals surface area contributed by atoms with Crippen LogP contribution in [0.2, 0.25) is 0 Å². The molecule has 18 heavy (non-hydrogen) atoms. The number of phosphoric acid groups is 1. The van der Waals surface area contributed by atoms with E-state index in [1.165, 1.54) is 25.7 Å². The lowest BCUT2D eigenvalue weighted by molar-refractivity contribution is -0.226. The summed E-state index contributed by atoms with van der Waals surface area (Å²) in [5, 5.41) is 0. The van der Waals surface area contributed by atoms with E-state index in [4.69, 9.17) is 18.6 Å². The van der Waals surface area contributed by atoms with Crippen LogP contribution in [0.1, 0.15) is 58.3 Å². The Hall–Kier alpha value is 0.0700. The van der Waals surface area contributed by atoms with E-state index in [1.807, 2.05) is 0 Å². The summed E-state index contributed by atoms with van der Waals surface area (Å²) in [4.78, 5) is 4.93. The normalized spacial score (nSPS) is 19.6. The van der Waals surface area contributed by atoms with Gasteiger partial charge in [-0.2, -0.15) is 0 Å². The third-order valence-electron chi connectivity index (χ3n) is 2.76. The average Bonchev–Trinajstić information content (AvgIpc) is 2.58. The molecule has 1 rings (SSSR count). The summed E-state index contributed by atoms with van der Waals surface area (Å²) in [6, 6.07) is 0. The Morgan fingerprint density at radius 2 is 1.61 bits per heavy atom. The molecule has 0 aliphatic carbocycles. The average molecular weight is 280 g/mol. The lowest BCUT2D eigenvalue weighted by atomic mass is 10.1. The lowest BCUT2D eigenvalue weighted by Crippen LogP contribution is -2.00. The molecule has 0 aromatic rings. The van der Waals surface area contributed by atoms with E-state index in [0.717, 1.165) is 25.7 Å². The van der Waals surface area contributed by atoms with Crippen LogP contribution in [-0.4, -0.2) is 19.8 Å². The first kappa shape index (κ1) is 16.1. The van der Waals surface area contributed by atoms with Crippen LogP contribution >= 0.6 is 7.82 Å². The van der Waals surface area contributed by atoms with Crippen molar-refractivity contribution in [3.63, 3.8) is 0 Å². The maximum atomic E-state index is 11.8. The summed E-state index contributed by atoms with van der Waals surface area (Å²) in [6.07, 6.45) is 8.70. The molecule has 0 aromatic carbocycles. The highest BCUT2D eigenvalue weighted by Crippen LogP contribution is 2.51. The summed E-state index contributed by atoms with van der Waals surface area (Å²) in [5.41, 5.74) is 0. The highest BCUT2D eigenvalue weighted by atomic mass is 31.2. The SMILES string of the molecule is CCCCCCCCOOP1(=O)OCCCCO1. The molecule has 6 heteroatoms. The van der Waals surface area contributed by atoms with Crippen LogP contribution in [-0.2, 0) is 23.2 Å². The molecule has 0 unspecified atom stereocenters. The quantitative estimate of drug-likeness (QED) is 0.274. The summed E-state index contributed by atoms with van der Waals surface area (Å²) in [5.74, 6) is 0. The molecule has 0 aromatic heterocycles. The largest absolute Gasteiger partial charge is 0.502 e. The molecule has 1 fully saturated rings. The molecule has 0 N–H and O–H groups in total. The van der Waals surface area contributed by atoms with Crippen molar-refractivity contribution in [1.82, 2.24) is 0 Å². The monoisotopic (exact) mass is 280 g/mol. The Morgan fingerprint density at radius 1 is 1.00 bits per heavy atom. The summed E-state index contributed by atoms with van der Waals surface area (Å²) in [7, 11) is -3.45. The Morgan fingerprint density at radius 3 is 2.28 bits per heavy atom. The van der Waals surface area contributed by atoms with Gasteiger partial charge in [0.15, 0.2) is 0 Å². The Labute approximate surface area is 110 Å². The fourth-order valence-electron chi connectivity index (χ4n) is 1.68. The third-order valence-corrected chi connectivity index (χ3v) is 4.05. The van der Waals surface area contributed by atoms with Crippen LogP contribution in [0, 0.1) is 0 Å². The van der Waals surface area contributed by atoms with Crippen molar-refractivity contribution in [1.29, 1.82) is 0 Å². The molecule has 1 aliphatic heterocycles. The van der Waals surface area contributed by atoms with E-state index >= 15 is 0 Å². The predicted octanol–water partition coefficient (Wildman–Crippen LogP) is 4.23. The van der Waals surface area contributed by atoms with Crippen LogP contribution in [0.5, 0.6) is 0 Å². The second-order valence-corrected chi connectivity index (χ2v) is 6.04. The molecule has 108 valence electrons. The maximum absolute atomic E-state index is 11.8. The van der Waals surface area contributed by atoms with Gasteiger partial charge in [-0.1, -0.05) is 39.0 Å². The second kappa shape index (κ2) is 9.93. The molecule has 0 saturated carbocycles. The molecule has 1 heterocycles. The Kier molecular flexibility index (Phi) is 8.90. The third kappa shape index (κ3) is 7.49. The highest BCUT2D eigenvalue weighted by molar-refractivity contribution is 7.48. The molecule has 0 amide bonds. The Bertz CT molecular complexity index is 235. The van der Waals surface area contributed by atoms with Crippen LogP contribution in [0.4, 0.5) is 0 Å². The van der Waals surface area contributed by atoms with Crippen molar-refractivity contribution >= 4 is 7.82 Å². The Balaban J connectivity index is 1.97. The molecular formula is C12H25O5P. The lowest BCUT2D eigenvalue weighted by Gasteiger charge is -2.13. The predicted molar refractivity (Wildman–Crippen MR) is 69.2 cm³/mol. The standard InChI is InChI=1S/C12H25O5P/c1-2-3-4-5-6-7-10-14-17-18(13)15-11-8-9-12-16-18/h2-12H2,1H3. The molecule has 0 radical (unpaired) electrons. The van der Waals surface area contributed by atoms with Crippen LogP contribution in [0.3, 0.4) is 0 Å². The van der Waals surface area contributed by atoms with Crippen LogP contribution in [0.15, 0.2) is 0 Å². The van der Waals surface area contributed by atoms with E-state index in [2.05, 4.69) is 6.92 Å². The first-order valence-corrected chi connectivity index (χ1v) is 8.43. The van der Waals surface area contributed by atoms with Crippen molar-refractivity contribution in [2.75, 3.05) is 19.8 Å². The van der Waals surface area contributed by atoms with E-state index < -0.39 is 7.82 Å². The fourth-order valence-corrected chi connectivity index (χ4v) is 2.75. The first-order valence-electron chi connectivity index (χ1n) is 6.97. The number of phosphoric ester groups is 1. The van der Waals surface area contributed by atoms with Crippen molar-refractivity contribution in [3.05, 3.63) is 0 Å². The fraction of sp³-hybridized carbons (Fsp3) is 1.00. The van der Waals surface area contributed by atoms with Crippen LogP contribution in [0.25, 0.3) is 0 Å². The molecule has 0 atom stereocenters. The van der Waals surface area contributed by atoms with Gasteiger partial charge in [-0.15, -0.1) is 4.67 Å². The number of unbranched alkanes of at least 4 members (excludes halogenated alkanes) is 5. The number of hydrogen-bond acceptors (Lipinski definition) is 5. The van der Waals surface area contributed by atoms with Gasteiger partial charge in [0, 0.05) is 0 Å². The van der Waals surface area contributed by atoms with Gasteiger partial charge in [0.05, 0.1) is 19.8 Å². The van der Waals surface area contributed by atoms with Crippen molar-refractivity contribution in [3.8, 4) is 0 Å². The molecule has 1 aliphatic rings. The van der Waals surface area contributed by atoms with Crippen molar-refractivity contribution in [2.45, 2.75) is 58.3 Å². The minimum Gasteiger partial charge on any atom is -0.285 e. The van der Waals surface area contributed by atoms with Gasteiger partial charge in [0.2, 0.25) is 0 Å². The molecule has 0 bridgehead atoms. The van der Waals surface area contributed by atoms with Crippen molar-refractivity contribution in [2.24, 2.45) is 0 Å².